The lowest BCUT2D eigenvalue weighted by molar-refractivity contribution is -0.143. The van der Waals surface area contributed by atoms with Crippen LogP contribution in [0.5, 0.6) is 11.5 Å². The van der Waals surface area contributed by atoms with Crippen molar-refractivity contribution in [1.29, 1.82) is 0 Å². The van der Waals surface area contributed by atoms with Crippen LogP contribution in [0.15, 0.2) is 42.5 Å². The van der Waals surface area contributed by atoms with Gasteiger partial charge in [0.25, 0.3) is 0 Å². The van der Waals surface area contributed by atoms with Crippen molar-refractivity contribution in [2.75, 3.05) is 0 Å². The number of rotatable bonds is 6. The first-order valence-electron chi connectivity index (χ1n) is 11.1. The van der Waals surface area contributed by atoms with E-state index in [0.717, 1.165) is 12.0 Å². The van der Waals surface area contributed by atoms with Crippen molar-refractivity contribution in [1.82, 2.24) is 0 Å². The molecule has 0 aliphatic carbocycles. The zero-order valence-corrected chi connectivity index (χ0v) is 20.2. The normalized spacial score (nSPS) is 12.7. The Morgan fingerprint density at radius 3 is 1.62 bits per heavy atom. The van der Waals surface area contributed by atoms with Crippen molar-refractivity contribution in [3.63, 3.8) is 0 Å². The van der Waals surface area contributed by atoms with Crippen molar-refractivity contribution in [2.45, 2.75) is 38.5 Å². The molecule has 214 valence electrons. The van der Waals surface area contributed by atoms with Gasteiger partial charge in [0, 0.05) is 0 Å². The molecule has 0 bridgehead atoms. The number of benzene rings is 3. The fraction of sp³-hybridized carbons (Fsp3) is 0.231. The average molecular weight is 582 g/mol. The lowest BCUT2D eigenvalue weighted by atomic mass is 9.98. The van der Waals surface area contributed by atoms with Crippen molar-refractivity contribution in [2.24, 2.45) is 0 Å². The molecule has 3 aromatic carbocycles. The van der Waals surface area contributed by atoms with Gasteiger partial charge in [-0.25, -0.2) is 18.4 Å². The van der Waals surface area contributed by atoms with Crippen LogP contribution >= 0.6 is 0 Å². The number of alkyl halides is 6. The van der Waals surface area contributed by atoms with Crippen LogP contribution in [0.4, 0.5) is 43.9 Å². The third-order valence-electron chi connectivity index (χ3n) is 5.72. The molecular formula is C26H16F10O4. The highest BCUT2D eigenvalue weighted by atomic mass is 19.4. The number of hydrogen-bond donors (Lipinski definition) is 0. The van der Waals surface area contributed by atoms with Gasteiger partial charge < -0.3 is 9.47 Å². The fourth-order valence-corrected chi connectivity index (χ4v) is 3.36. The van der Waals surface area contributed by atoms with Gasteiger partial charge in [-0.05, 0) is 48.2 Å². The van der Waals surface area contributed by atoms with Gasteiger partial charge >= 0.3 is 24.3 Å². The SMILES string of the molecule is CCC(C)c1ccc(C(=O)Oc2c(F)c(F)c(C(=O)Oc3cc(C(F)(F)F)cc(C(F)(F)F)c3)c(F)c2F)cc1. The Kier molecular flexibility index (Phi) is 8.51. The van der Waals surface area contributed by atoms with Crippen LogP contribution in [0.1, 0.15) is 63.6 Å². The summed E-state index contributed by atoms with van der Waals surface area (Å²) in [6.45, 7) is 3.79. The summed E-state index contributed by atoms with van der Waals surface area (Å²) in [5.41, 5.74) is -5.48. The van der Waals surface area contributed by atoms with E-state index in [9.17, 15) is 53.5 Å². The molecular weight excluding hydrogens is 566 g/mol. The molecule has 14 heteroatoms. The molecule has 0 aliphatic rings. The highest BCUT2D eigenvalue weighted by molar-refractivity contribution is 5.93. The van der Waals surface area contributed by atoms with Crippen molar-refractivity contribution in [3.8, 4) is 11.5 Å². The molecule has 1 atom stereocenters. The molecule has 0 radical (unpaired) electrons. The Morgan fingerprint density at radius 2 is 1.20 bits per heavy atom. The highest BCUT2D eigenvalue weighted by Gasteiger charge is 2.38. The maximum absolute atomic E-state index is 14.6. The van der Waals surface area contributed by atoms with Crippen LogP contribution in [-0.2, 0) is 12.4 Å². The predicted molar refractivity (Wildman–Crippen MR) is 118 cm³/mol. The van der Waals surface area contributed by atoms with Crippen molar-refractivity contribution < 1.29 is 63.0 Å². The molecule has 0 heterocycles. The van der Waals surface area contributed by atoms with Crippen LogP contribution in [-0.4, -0.2) is 11.9 Å². The second kappa shape index (κ2) is 11.2. The van der Waals surface area contributed by atoms with E-state index in [0.29, 0.717) is 0 Å². The zero-order valence-electron chi connectivity index (χ0n) is 20.2. The second-order valence-corrected chi connectivity index (χ2v) is 8.41. The number of carbonyl (C=O) groups is 2. The van der Waals surface area contributed by atoms with Crippen molar-refractivity contribution in [3.05, 3.63) is 93.6 Å². The molecule has 4 nitrogen and oxygen atoms in total. The summed E-state index contributed by atoms with van der Waals surface area (Å²) in [6.07, 6.45) is -9.97. The topological polar surface area (TPSA) is 52.6 Å². The highest BCUT2D eigenvalue weighted by Crippen LogP contribution is 2.39. The van der Waals surface area contributed by atoms with E-state index < -0.39 is 75.7 Å². The van der Waals surface area contributed by atoms with Crippen LogP contribution in [0.25, 0.3) is 0 Å². The molecule has 0 N–H and O–H groups in total. The monoisotopic (exact) mass is 582 g/mol. The van der Waals surface area contributed by atoms with Gasteiger partial charge in [-0.2, -0.15) is 35.1 Å². The molecule has 0 saturated heterocycles. The Balaban J connectivity index is 1.95. The maximum Gasteiger partial charge on any atom is 0.416 e. The van der Waals surface area contributed by atoms with Gasteiger partial charge in [0.1, 0.15) is 11.3 Å². The number of carbonyl (C=O) groups excluding carboxylic acids is 2. The lowest BCUT2D eigenvalue weighted by Crippen LogP contribution is -2.19. The smallest absolute Gasteiger partial charge is 0.416 e. The Labute approximate surface area is 219 Å². The summed E-state index contributed by atoms with van der Waals surface area (Å²) in [7, 11) is 0. The molecule has 40 heavy (non-hydrogen) atoms. The van der Waals surface area contributed by atoms with Gasteiger partial charge in [-0.1, -0.05) is 26.0 Å². The molecule has 3 aromatic rings. The maximum atomic E-state index is 14.6. The molecule has 0 spiro atoms. The van der Waals surface area contributed by atoms with Gasteiger partial charge in [0.15, 0.2) is 11.6 Å². The van der Waals surface area contributed by atoms with E-state index in [-0.39, 0.29) is 29.7 Å². The summed E-state index contributed by atoms with van der Waals surface area (Å²) < 4.78 is 145. The number of halogens is 10. The second-order valence-electron chi connectivity index (χ2n) is 8.41. The quantitative estimate of drug-likeness (QED) is 0.127. The molecule has 0 fully saturated rings. The standard InChI is InChI=1S/C26H16F10O4/c1-3-11(2)12-4-6-13(7-5-12)23(37)40-22-20(29)18(27)17(19(28)21(22)30)24(38)39-16-9-14(25(31,32)33)8-15(10-16)26(34,35)36/h4-11H,3H2,1-2H3. The lowest BCUT2D eigenvalue weighted by Gasteiger charge is -2.15. The largest absolute Gasteiger partial charge is 0.423 e. The van der Waals surface area contributed by atoms with Crippen LogP contribution in [0, 0.1) is 23.3 Å². The molecule has 3 rings (SSSR count). The molecule has 0 amide bonds. The molecule has 0 aliphatic heterocycles. The van der Waals surface area contributed by atoms with Crippen LogP contribution in [0.3, 0.4) is 0 Å². The van der Waals surface area contributed by atoms with E-state index in [4.69, 9.17) is 0 Å². The van der Waals surface area contributed by atoms with Gasteiger partial charge in [0.2, 0.25) is 17.4 Å². The van der Waals surface area contributed by atoms with Crippen LogP contribution < -0.4 is 9.47 Å². The van der Waals surface area contributed by atoms with Gasteiger partial charge in [-0.3, -0.25) is 0 Å². The molecule has 1 unspecified atom stereocenters. The van der Waals surface area contributed by atoms with E-state index in [1.807, 2.05) is 13.8 Å². The summed E-state index contributed by atoms with van der Waals surface area (Å²) in [4.78, 5) is 24.5. The van der Waals surface area contributed by atoms with Gasteiger partial charge in [-0.15, -0.1) is 0 Å². The first kappa shape index (κ1) is 30.4. The number of ether oxygens (including phenoxy) is 2. The van der Waals surface area contributed by atoms with Gasteiger partial charge in [0.05, 0.1) is 16.7 Å². The van der Waals surface area contributed by atoms with Crippen LogP contribution in [0.2, 0.25) is 0 Å². The van der Waals surface area contributed by atoms with E-state index >= 15 is 0 Å². The molecule has 0 aromatic heterocycles. The summed E-state index contributed by atoms with van der Waals surface area (Å²) in [5.74, 6) is -16.8. The summed E-state index contributed by atoms with van der Waals surface area (Å²) in [5, 5.41) is 0. The fourth-order valence-electron chi connectivity index (χ4n) is 3.36. The molecule has 0 saturated carbocycles. The third-order valence-corrected chi connectivity index (χ3v) is 5.72. The predicted octanol–water partition coefficient (Wildman–Crippen LogP) is 8.23. The average Bonchev–Trinajstić information content (AvgIpc) is 2.88. The first-order valence-corrected chi connectivity index (χ1v) is 11.1. The number of hydrogen-bond acceptors (Lipinski definition) is 4. The Bertz CT molecular complexity index is 1380. The minimum absolute atomic E-state index is 0.0989. The van der Waals surface area contributed by atoms with E-state index in [1.165, 1.54) is 24.3 Å². The third kappa shape index (κ3) is 6.37. The minimum Gasteiger partial charge on any atom is -0.423 e. The minimum atomic E-state index is -5.36. The number of esters is 2. The Morgan fingerprint density at radius 1 is 0.725 bits per heavy atom. The first-order chi connectivity index (χ1) is 18.4. The zero-order chi connectivity index (χ0) is 30.2. The summed E-state index contributed by atoms with van der Waals surface area (Å²) >= 11 is 0. The Hall–Kier alpha value is -4.10. The van der Waals surface area contributed by atoms with E-state index in [2.05, 4.69) is 9.47 Å². The summed E-state index contributed by atoms with van der Waals surface area (Å²) in [6, 6.07) is 4.95. The van der Waals surface area contributed by atoms with E-state index in [1.54, 1.807) is 0 Å². The van der Waals surface area contributed by atoms with Crippen molar-refractivity contribution >= 4 is 11.9 Å².